The number of hydrogen-bond donors (Lipinski definition) is 0. The first-order valence-electron chi connectivity index (χ1n) is 5.78. The Balaban J connectivity index is 2.07. The van der Waals surface area contributed by atoms with E-state index in [2.05, 4.69) is 27.7 Å². The van der Waals surface area contributed by atoms with Crippen LogP contribution in [0.25, 0.3) is 0 Å². The molecule has 1 aliphatic carbocycles. The van der Waals surface area contributed by atoms with Crippen molar-refractivity contribution in [1.29, 1.82) is 0 Å². The normalized spacial score (nSPS) is 39.4. The summed E-state index contributed by atoms with van der Waals surface area (Å²) in [6.45, 7) is 10.6. The summed E-state index contributed by atoms with van der Waals surface area (Å²) in [5.41, 5.74) is 0.383. The van der Waals surface area contributed by atoms with E-state index in [4.69, 9.17) is 9.47 Å². The van der Waals surface area contributed by atoms with Crippen LogP contribution in [0.15, 0.2) is 0 Å². The fraction of sp³-hybridized carbons (Fsp3) is 1.00. The van der Waals surface area contributed by atoms with Crippen molar-refractivity contribution in [3.8, 4) is 0 Å². The van der Waals surface area contributed by atoms with Gasteiger partial charge in [0.1, 0.15) is 0 Å². The quantitative estimate of drug-likeness (QED) is 0.679. The first-order valence-corrected chi connectivity index (χ1v) is 5.78. The highest BCUT2D eigenvalue weighted by atomic mass is 16.7. The lowest BCUT2D eigenvalue weighted by Gasteiger charge is -2.57. The molecule has 2 unspecified atom stereocenters. The molecule has 2 nitrogen and oxygen atoms in total. The Hall–Kier alpha value is -0.0800. The van der Waals surface area contributed by atoms with Gasteiger partial charge in [-0.2, -0.15) is 0 Å². The zero-order valence-electron chi connectivity index (χ0n) is 9.80. The van der Waals surface area contributed by atoms with Gasteiger partial charge < -0.3 is 9.47 Å². The second kappa shape index (κ2) is 3.21. The first-order chi connectivity index (χ1) is 6.50. The van der Waals surface area contributed by atoms with Gasteiger partial charge in [-0.05, 0) is 24.7 Å². The largest absolute Gasteiger partial charge is 0.348 e. The molecular weight excluding hydrogens is 176 g/mol. The molecule has 0 aromatic carbocycles. The van der Waals surface area contributed by atoms with Crippen LogP contribution in [0, 0.1) is 17.3 Å². The van der Waals surface area contributed by atoms with Gasteiger partial charge in [-0.1, -0.05) is 27.2 Å². The Morgan fingerprint density at radius 2 is 1.71 bits per heavy atom. The summed E-state index contributed by atoms with van der Waals surface area (Å²) >= 11 is 0. The summed E-state index contributed by atoms with van der Waals surface area (Å²) in [4.78, 5) is 0. The van der Waals surface area contributed by atoms with Crippen molar-refractivity contribution in [2.45, 2.75) is 46.3 Å². The number of hydrogen-bond acceptors (Lipinski definition) is 2. The summed E-state index contributed by atoms with van der Waals surface area (Å²) in [6.07, 6.45) is 2.54. The standard InChI is InChI=1S/C12H22O2/c1-5-9-8-10(11(9,2)3)12(4)13-6-7-14-12/h9-10H,5-8H2,1-4H3. The van der Waals surface area contributed by atoms with Crippen LogP contribution in [0.3, 0.4) is 0 Å². The van der Waals surface area contributed by atoms with E-state index in [1.54, 1.807) is 0 Å². The Morgan fingerprint density at radius 1 is 1.14 bits per heavy atom. The van der Waals surface area contributed by atoms with Crippen LogP contribution in [0.2, 0.25) is 0 Å². The van der Waals surface area contributed by atoms with Gasteiger partial charge in [0.05, 0.1) is 13.2 Å². The fourth-order valence-corrected chi connectivity index (χ4v) is 3.33. The summed E-state index contributed by atoms with van der Waals surface area (Å²) in [5, 5.41) is 0. The maximum Gasteiger partial charge on any atom is 0.169 e. The smallest absolute Gasteiger partial charge is 0.169 e. The van der Waals surface area contributed by atoms with Gasteiger partial charge in [0, 0.05) is 5.92 Å². The molecule has 1 aliphatic heterocycles. The van der Waals surface area contributed by atoms with Crippen molar-refractivity contribution in [3.05, 3.63) is 0 Å². The summed E-state index contributed by atoms with van der Waals surface area (Å²) in [7, 11) is 0. The molecular formula is C12H22O2. The lowest BCUT2D eigenvalue weighted by molar-refractivity contribution is -0.253. The van der Waals surface area contributed by atoms with Gasteiger partial charge in [0.2, 0.25) is 0 Å². The van der Waals surface area contributed by atoms with Crippen LogP contribution >= 0.6 is 0 Å². The van der Waals surface area contributed by atoms with Gasteiger partial charge in [-0.25, -0.2) is 0 Å². The highest BCUT2D eigenvalue weighted by Gasteiger charge is 2.57. The van der Waals surface area contributed by atoms with Gasteiger partial charge >= 0.3 is 0 Å². The number of rotatable bonds is 2. The molecule has 1 saturated carbocycles. The molecule has 2 atom stereocenters. The van der Waals surface area contributed by atoms with Crippen LogP contribution in [-0.2, 0) is 9.47 Å². The van der Waals surface area contributed by atoms with Crippen LogP contribution in [0.1, 0.15) is 40.5 Å². The molecule has 82 valence electrons. The molecule has 0 aromatic rings. The summed E-state index contributed by atoms with van der Waals surface area (Å²) in [5.74, 6) is 1.12. The molecule has 0 aromatic heterocycles. The molecule has 0 spiro atoms. The topological polar surface area (TPSA) is 18.5 Å². The Labute approximate surface area is 87.0 Å². The first kappa shape index (κ1) is 10.4. The van der Waals surface area contributed by atoms with Gasteiger partial charge in [-0.15, -0.1) is 0 Å². The van der Waals surface area contributed by atoms with Crippen molar-refractivity contribution in [2.75, 3.05) is 13.2 Å². The van der Waals surface area contributed by atoms with Crippen LogP contribution in [-0.4, -0.2) is 19.0 Å². The van der Waals surface area contributed by atoms with Crippen molar-refractivity contribution >= 4 is 0 Å². The van der Waals surface area contributed by atoms with E-state index in [1.165, 1.54) is 12.8 Å². The third-order valence-electron chi connectivity index (χ3n) is 4.46. The lowest BCUT2D eigenvalue weighted by Crippen LogP contribution is -2.56. The molecule has 2 fully saturated rings. The van der Waals surface area contributed by atoms with E-state index in [-0.39, 0.29) is 5.79 Å². The average molecular weight is 198 g/mol. The monoisotopic (exact) mass is 198 g/mol. The molecule has 2 rings (SSSR count). The second-order valence-corrected chi connectivity index (χ2v) is 5.43. The third-order valence-corrected chi connectivity index (χ3v) is 4.46. The molecule has 14 heavy (non-hydrogen) atoms. The maximum absolute atomic E-state index is 5.75. The Kier molecular flexibility index (Phi) is 2.39. The van der Waals surface area contributed by atoms with E-state index >= 15 is 0 Å². The van der Waals surface area contributed by atoms with E-state index in [1.807, 2.05) is 0 Å². The predicted molar refractivity (Wildman–Crippen MR) is 56.0 cm³/mol. The molecule has 2 heteroatoms. The molecule has 0 N–H and O–H groups in total. The summed E-state index contributed by atoms with van der Waals surface area (Å²) in [6, 6.07) is 0. The van der Waals surface area contributed by atoms with E-state index in [0.717, 1.165) is 19.1 Å². The Bertz CT molecular complexity index is 216. The van der Waals surface area contributed by atoms with Gasteiger partial charge in [0.15, 0.2) is 5.79 Å². The SMILES string of the molecule is CCC1CC(C2(C)OCCO2)C1(C)C. The Morgan fingerprint density at radius 3 is 2.14 bits per heavy atom. The van der Waals surface area contributed by atoms with Crippen molar-refractivity contribution in [3.63, 3.8) is 0 Å². The lowest BCUT2D eigenvalue weighted by atomic mass is 9.51. The average Bonchev–Trinajstić information content (AvgIpc) is 2.51. The molecule has 1 heterocycles. The highest BCUT2D eigenvalue weighted by molar-refractivity contribution is 5.02. The molecule has 0 radical (unpaired) electrons. The van der Waals surface area contributed by atoms with E-state index < -0.39 is 0 Å². The van der Waals surface area contributed by atoms with Crippen LogP contribution in [0.5, 0.6) is 0 Å². The highest BCUT2D eigenvalue weighted by Crippen LogP contribution is 2.58. The van der Waals surface area contributed by atoms with Gasteiger partial charge in [-0.3, -0.25) is 0 Å². The van der Waals surface area contributed by atoms with Gasteiger partial charge in [0.25, 0.3) is 0 Å². The minimum absolute atomic E-state index is 0.296. The summed E-state index contributed by atoms with van der Waals surface area (Å²) < 4.78 is 11.5. The molecule has 0 bridgehead atoms. The van der Waals surface area contributed by atoms with Crippen molar-refractivity contribution in [1.82, 2.24) is 0 Å². The minimum Gasteiger partial charge on any atom is -0.348 e. The fourth-order valence-electron chi connectivity index (χ4n) is 3.33. The third kappa shape index (κ3) is 1.31. The van der Waals surface area contributed by atoms with Crippen molar-refractivity contribution < 1.29 is 9.47 Å². The van der Waals surface area contributed by atoms with Crippen molar-refractivity contribution in [2.24, 2.45) is 17.3 Å². The maximum atomic E-state index is 5.75. The van der Waals surface area contributed by atoms with Crippen LogP contribution < -0.4 is 0 Å². The number of ether oxygens (including phenoxy) is 2. The predicted octanol–water partition coefficient (Wildman–Crippen LogP) is 2.82. The van der Waals surface area contributed by atoms with E-state index in [9.17, 15) is 0 Å². The zero-order chi connectivity index (χ0) is 10.4. The second-order valence-electron chi connectivity index (χ2n) is 5.43. The van der Waals surface area contributed by atoms with Crippen LogP contribution in [0.4, 0.5) is 0 Å². The molecule has 2 aliphatic rings. The minimum atomic E-state index is -0.296. The molecule has 1 saturated heterocycles. The van der Waals surface area contributed by atoms with E-state index in [0.29, 0.717) is 11.3 Å². The molecule has 0 amide bonds. The zero-order valence-corrected chi connectivity index (χ0v) is 9.80.